The summed E-state index contributed by atoms with van der Waals surface area (Å²) in [6.07, 6.45) is 6.75. The Balaban J connectivity index is 1.78. The molecule has 0 saturated carbocycles. The average Bonchev–Trinajstić information content (AvgIpc) is 3.35. The third-order valence-corrected chi connectivity index (χ3v) is 6.17. The van der Waals surface area contributed by atoms with Gasteiger partial charge in [0.05, 0.1) is 41.2 Å². The van der Waals surface area contributed by atoms with Crippen LogP contribution in [0, 0.1) is 18.3 Å². The van der Waals surface area contributed by atoms with Crippen LogP contribution in [-0.2, 0) is 33.4 Å². The third kappa shape index (κ3) is 4.29. The van der Waals surface area contributed by atoms with Gasteiger partial charge in [0.1, 0.15) is 0 Å². The Hall–Kier alpha value is -3.46. The van der Waals surface area contributed by atoms with Crippen molar-refractivity contribution in [2.75, 3.05) is 0 Å². The van der Waals surface area contributed by atoms with Crippen LogP contribution in [0.15, 0.2) is 36.8 Å². The lowest BCUT2D eigenvalue weighted by molar-refractivity contribution is 0.677. The first-order valence-corrected chi connectivity index (χ1v) is 11.2. The molecule has 0 aliphatic carbocycles. The van der Waals surface area contributed by atoms with E-state index in [4.69, 9.17) is 10.2 Å². The number of imidazole rings is 1. The lowest BCUT2D eigenvalue weighted by Gasteiger charge is -2.13. The molecule has 0 unspecified atom stereocenters. The zero-order valence-electron chi connectivity index (χ0n) is 19.6. The van der Waals surface area contributed by atoms with Gasteiger partial charge in [0.2, 0.25) is 0 Å². The molecule has 6 nitrogen and oxygen atoms in total. The lowest BCUT2D eigenvalue weighted by Crippen LogP contribution is -2.03. The van der Waals surface area contributed by atoms with Crippen molar-refractivity contribution < 1.29 is 0 Å². The van der Waals surface area contributed by atoms with Gasteiger partial charge >= 0.3 is 0 Å². The molecule has 4 rings (SSSR count). The summed E-state index contributed by atoms with van der Waals surface area (Å²) in [6.45, 7) is 6.45. The van der Waals surface area contributed by atoms with E-state index in [1.807, 2.05) is 29.5 Å². The molecule has 3 aromatic heterocycles. The molecule has 0 amide bonds. The van der Waals surface area contributed by atoms with E-state index >= 15 is 0 Å². The first kappa shape index (κ1) is 21.8. The van der Waals surface area contributed by atoms with Crippen LogP contribution in [0.3, 0.4) is 0 Å². The van der Waals surface area contributed by atoms with Crippen molar-refractivity contribution in [1.82, 2.24) is 24.3 Å². The molecule has 0 spiro atoms. The van der Waals surface area contributed by atoms with Gasteiger partial charge in [-0.15, -0.1) is 0 Å². The van der Waals surface area contributed by atoms with Gasteiger partial charge in [-0.05, 0) is 73.1 Å². The third-order valence-electron chi connectivity index (χ3n) is 6.17. The molecule has 6 heteroatoms. The molecule has 0 bridgehead atoms. The molecule has 0 atom stereocenters. The van der Waals surface area contributed by atoms with Crippen LogP contribution in [0.4, 0.5) is 0 Å². The molecular weight excluding hydrogens is 396 g/mol. The zero-order valence-corrected chi connectivity index (χ0v) is 19.6. The summed E-state index contributed by atoms with van der Waals surface area (Å²) in [6, 6.07) is 11.1. The summed E-state index contributed by atoms with van der Waals surface area (Å²) in [7, 11) is 4.02. The predicted octanol–water partition coefficient (Wildman–Crippen LogP) is 5.04. The molecule has 3 heterocycles. The van der Waals surface area contributed by atoms with Crippen LogP contribution in [0.25, 0.3) is 22.3 Å². The first-order valence-electron chi connectivity index (χ1n) is 11.2. The van der Waals surface area contributed by atoms with Crippen molar-refractivity contribution in [2.24, 2.45) is 14.1 Å². The van der Waals surface area contributed by atoms with Crippen LogP contribution in [-0.4, -0.2) is 24.3 Å². The van der Waals surface area contributed by atoms with Gasteiger partial charge in [0.15, 0.2) is 0 Å². The maximum atomic E-state index is 9.05. The number of nitriles is 1. The molecule has 0 N–H and O–H groups in total. The van der Waals surface area contributed by atoms with E-state index in [2.05, 4.69) is 61.2 Å². The molecule has 0 saturated heterocycles. The van der Waals surface area contributed by atoms with Gasteiger partial charge < -0.3 is 4.57 Å². The van der Waals surface area contributed by atoms with Crippen LogP contribution in [0.1, 0.15) is 54.3 Å². The summed E-state index contributed by atoms with van der Waals surface area (Å²) >= 11 is 0. The zero-order chi connectivity index (χ0) is 22.8. The van der Waals surface area contributed by atoms with Crippen molar-refractivity contribution in [3.05, 3.63) is 64.9 Å². The number of hydrogen-bond acceptors (Lipinski definition) is 4. The van der Waals surface area contributed by atoms with Crippen molar-refractivity contribution in [2.45, 2.75) is 52.4 Å². The largest absolute Gasteiger partial charge is 0.332 e. The fourth-order valence-corrected chi connectivity index (χ4v) is 4.20. The smallest absolute Gasteiger partial charge is 0.0948 e. The van der Waals surface area contributed by atoms with E-state index < -0.39 is 0 Å². The van der Waals surface area contributed by atoms with E-state index in [1.165, 1.54) is 27.8 Å². The van der Waals surface area contributed by atoms with Crippen molar-refractivity contribution >= 4 is 10.9 Å². The fourth-order valence-electron chi connectivity index (χ4n) is 4.20. The maximum absolute atomic E-state index is 9.05. The first-order chi connectivity index (χ1) is 15.4. The van der Waals surface area contributed by atoms with Crippen molar-refractivity contribution in [3.8, 4) is 17.5 Å². The van der Waals surface area contributed by atoms with Crippen LogP contribution in [0.5, 0.6) is 0 Å². The van der Waals surface area contributed by atoms with Crippen LogP contribution >= 0.6 is 0 Å². The average molecular weight is 427 g/mol. The second kappa shape index (κ2) is 8.96. The number of aromatic nitrogens is 5. The van der Waals surface area contributed by atoms with Gasteiger partial charge in [-0.2, -0.15) is 10.4 Å². The van der Waals surface area contributed by atoms with Crippen molar-refractivity contribution in [3.63, 3.8) is 0 Å². The summed E-state index contributed by atoms with van der Waals surface area (Å²) < 4.78 is 4.01. The van der Waals surface area contributed by atoms with E-state index in [0.29, 0.717) is 12.3 Å². The monoisotopic (exact) mass is 426 g/mol. The Labute approximate surface area is 189 Å². The number of hydrogen-bond donors (Lipinski definition) is 0. The SMILES string of the molecule is Cc1cc2nc(-c3cncn3C)cc(CCc3cc(C(C)C)nn3C)c2cc1CCC#N. The van der Waals surface area contributed by atoms with Gasteiger partial charge in [-0.25, -0.2) is 9.97 Å². The number of fused-ring (bicyclic) bond motifs is 1. The second-order valence-corrected chi connectivity index (χ2v) is 8.85. The fraction of sp³-hybridized carbons (Fsp3) is 0.385. The summed E-state index contributed by atoms with van der Waals surface area (Å²) in [5, 5.41) is 14.9. The summed E-state index contributed by atoms with van der Waals surface area (Å²) in [4.78, 5) is 9.26. The molecule has 164 valence electrons. The van der Waals surface area contributed by atoms with Gasteiger partial charge in [-0.3, -0.25) is 4.68 Å². The second-order valence-electron chi connectivity index (χ2n) is 8.85. The number of nitrogens with zero attached hydrogens (tertiary/aromatic N) is 6. The minimum absolute atomic E-state index is 0.416. The predicted molar refractivity (Wildman–Crippen MR) is 127 cm³/mol. The molecule has 32 heavy (non-hydrogen) atoms. The molecule has 0 fully saturated rings. The normalized spacial score (nSPS) is 11.4. The highest BCUT2D eigenvalue weighted by Crippen LogP contribution is 2.29. The molecule has 0 radical (unpaired) electrons. The summed E-state index contributed by atoms with van der Waals surface area (Å²) in [5.41, 5.74) is 8.96. The Bertz CT molecular complexity index is 1300. The van der Waals surface area contributed by atoms with E-state index in [1.54, 1.807) is 6.33 Å². The standard InChI is InChI=1S/C26H30N6/c1-17(2)23-14-21(32(5)30-23)9-8-20-13-25(26-15-28-16-31(26)4)29-24-11-18(3)19(7-6-10-27)12-22(20)24/h11-17H,6-9H2,1-5H3. The summed E-state index contributed by atoms with van der Waals surface area (Å²) in [5.74, 6) is 0.416. The Morgan fingerprint density at radius 3 is 2.50 bits per heavy atom. The molecule has 4 aromatic rings. The van der Waals surface area contributed by atoms with Crippen LogP contribution in [0.2, 0.25) is 0 Å². The lowest BCUT2D eigenvalue weighted by atomic mass is 9.95. The highest BCUT2D eigenvalue weighted by molar-refractivity contribution is 5.86. The highest BCUT2D eigenvalue weighted by atomic mass is 15.3. The van der Waals surface area contributed by atoms with E-state index in [-0.39, 0.29) is 0 Å². The van der Waals surface area contributed by atoms with Gasteiger partial charge in [0.25, 0.3) is 0 Å². The Kier molecular flexibility index (Phi) is 6.09. The molecular formula is C26H30N6. The topological polar surface area (TPSA) is 72.3 Å². The van der Waals surface area contributed by atoms with Crippen molar-refractivity contribution in [1.29, 1.82) is 5.26 Å². The molecule has 1 aromatic carbocycles. The minimum atomic E-state index is 0.416. The Morgan fingerprint density at radius 2 is 1.84 bits per heavy atom. The van der Waals surface area contributed by atoms with Gasteiger partial charge in [0, 0.05) is 31.6 Å². The van der Waals surface area contributed by atoms with Crippen LogP contribution < -0.4 is 0 Å². The maximum Gasteiger partial charge on any atom is 0.0948 e. The number of rotatable bonds is 7. The molecule has 0 aliphatic heterocycles. The number of benzene rings is 1. The number of pyridine rings is 1. The minimum Gasteiger partial charge on any atom is -0.332 e. The number of aryl methyl sites for hydroxylation is 6. The highest BCUT2D eigenvalue weighted by Gasteiger charge is 2.14. The van der Waals surface area contributed by atoms with E-state index in [9.17, 15) is 0 Å². The molecule has 0 aliphatic rings. The Morgan fingerprint density at radius 1 is 1.03 bits per heavy atom. The quantitative estimate of drug-likeness (QED) is 0.415. The van der Waals surface area contributed by atoms with E-state index in [0.717, 1.165) is 41.9 Å². The van der Waals surface area contributed by atoms with Gasteiger partial charge in [-0.1, -0.05) is 13.8 Å².